The standard InChI is InChI=1S/C42H40ClNO4/c1-28(2)25-32(44-41(46)47-27-37-35-17-9-7-15-33(35)34-16-8-10-18-36(34)37)26-40(45)48-42(30-13-5-4-6-14-30,31-23-21-29(3)22-24-31)38-19-11-12-20-39(38)43/h4-24,28,32,37H,25-27H2,1-3H3,(H,44,46). The van der Waals surface area contributed by atoms with E-state index in [1.807, 2.05) is 104 Å². The van der Waals surface area contributed by atoms with Crippen LogP contribution in [-0.4, -0.2) is 24.7 Å². The lowest BCUT2D eigenvalue weighted by atomic mass is 9.79. The van der Waals surface area contributed by atoms with Gasteiger partial charge in [-0.2, -0.15) is 0 Å². The minimum Gasteiger partial charge on any atom is -0.449 e. The van der Waals surface area contributed by atoms with E-state index in [-0.39, 0.29) is 24.9 Å². The summed E-state index contributed by atoms with van der Waals surface area (Å²) in [5.41, 5.74) is 6.55. The first-order chi connectivity index (χ1) is 23.3. The predicted molar refractivity (Wildman–Crippen MR) is 191 cm³/mol. The van der Waals surface area contributed by atoms with Gasteiger partial charge in [0.2, 0.25) is 0 Å². The van der Waals surface area contributed by atoms with Gasteiger partial charge in [0.25, 0.3) is 0 Å². The summed E-state index contributed by atoms with van der Waals surface area (Å²) in [7, 11) is 0. The van der Waals surface area contributed by atoms with Crippen LogP contribution in [0.2, 0.25) is 5.02 Å². The maximum absolute atomic E-state index is 14.1. The highest BCUT2D eigenvalue weighted by molar-refractivity contribution is 6.31. The number of alkyl carbamates (subject to hydrolysis) is 1. The van der Waals surface area contributed by atoms with E-state index >= 15 is 0 Å². The number of fused-ring (bicyclic) bond motifs is 3. The maximum Gasteiger partial charge on any atom is 0.407 e. The molecule has 0 saturated carbocycles. The molecule has 0 heterocycles. The Labute approximate surface area is 287 Å². The molecular weight excluding hydrogens is 618 g/mol. The van der Waals surface area contributed by atoms with Crippen molar-refractivity contribution in [2.45, 2.75) is 51.2 Å². The number of hydrogen-bond acceptors (Lipinski definition) is 4. The Hall–Kier alpha value is -4.87. The first-order valence-electron chi connectivity index (χ1n) is 16.5. The Bertz CT molecular complexity index is 1840. The number of amides is 1. The zero-order valence-electron chi connectivity index (χ0n) is 27.5. The van der Waals surface area contributed by atoms with E-state index in [4.69, 9.17) is 21.1 Å². The summed E-state index contributed by atoms with van der Waals surface area (Å²) in [5.74, 6) is -0.325. The minimum absolute atomic E-state index is 0.0483. The lowest BCUT2D eigenvalue weighted by Crippen LogP contribution is -2.41. The molecule has 5 aromatic rings. The molecule has 1 amide bonds. The molecule has 1 aliphatic carbocycles. The molecule has 1 aliphatic rings. The Morgan fingerprint density at radius 3 is 1.94 bits per heavy atom. The third kappa shape index (κ3) is 6.88. The van der Waals surface area contributed by atoms with Gasteiger partial charge in [0.05, 0.1) is 6.42 Å². The molecule has 1 N–H and O–H groups in total. The normalized spacial score (nSPS) is 14.0. The van der Waals surface area contributed by atoms with Gasteiger partial charge in [-0.05, 0) is 47.6 Å². The topological polar surface area (TPSA) is 64.6 Å². The molecule has 0 bridgehead atoms. The molecule has 6 rings (SSSR count). The van der Waals surface area contributed by atoms with Crippen LogP contribution in [0.5, 0.6) is 0 Å². The van der Waals surface area contributed by atoms with Crippen LogP contribution in [0.25, 0.3) is 11.1 Å². The van der Waals surface area contributed by atoms with Crippen molar-refractivity contribution in [3.05, 3.63) is 166 Å². The zero-order chi connectivity index (χ0) is 33.7. The van der Waals surface area contributed by atoms with Gasteiger partial charge in [0.15, 0.2) is 5.60 Å². The summed E-state index contributed by atoms with van der Waals surface area (Å²) in [5, 5.41) is 3.46. The number of carbonyl (C=O) groups is 2. The second-order valence-electron chi connectivity index (χ2n) is 12.9. The van der Waals surface area contributed by atoms with Crippen molar-refractivity contribution in [1.29, 1.82) is 0 Å². The second kappa shape index (κ2) is 14.5. The Kier molecular flexibility index (Phi) is 9.98. The van der Waals surface area contributed by atoms with Crippen LogP contribution in [0.4, 0.5) is 4.79 Å². The van der Waals surface area contributed by atoms with E-state index in [1.54, 1.807) is 6.07 Å². The molecule has 2 unspecified atom stereocenters. The predicted octanol–water partition coefficient (Wildman–Crippen LogP) is 9.83. The quantitative estimate of drug-likeness (QED) is 0.113. The molecule has 0 spiro atoms. The number of hydrogen-bond donors (Lipinski definition) is 1. The van der Waals surface area contributed by atoms with E-state index in [2.05, 4.69) is 43.4 Å². The number of esters is 1. The number of carbonyl (C=O) groups excluding carboxylic acids is 2. The second-order valence-corrected chi connectivity index (χ2v) is 13.3. The molecule has 5 nitrogen and oxygen atoms in total. The van der Waals surface area contributed by atoms with Crippen LogP contribution < -0.4 is 5.32 Å². The summed E-state index contributed by atoms with van der Waals surface area (Å²) in [4.78, 5) is 27.4. The molecule has 2 atom stereocenters. The molecule has 0 saturated heterocycles. The SMILES string of the molecule is Cc1ccc(C(OC(=O)CC(CC(C)C)NC(=O)OCC2c3ccccc3-c3ccccc32)(c2ccccc2)c2ccccc2Cl)cc1. The molecule has 6 heteroatoms. The summed E-state index contributed by atoms with van der Waals surface area (Å²) in [6.07, 6.45) is -0.0455. The van der Waals surface area contributed by atoms with E-state index < -0.39 is 23.7 Å². The largest absolute Gasteiger partial charge is 0.449 e. The van der Waals surface area contributed by atoms with Gasteiger partial charge in [-0.1, -0.05) is 152 Å². The molecule has 0 aromatic heterocycles. The lowest BCUT2D eigenvalue weighted by molar-refractivity contribution is -0.154. The summed E-state index contributed by atoms with van der Waals surface area (Å²) in [6.45, 7) is 6.32. The first-order valence-corrected chi connectivity index (χ1v) is 16.8. The van der Waals surface area contributed by atoms with Gasteiger partial charge in [0, 0.05) is 33.7 Å². The van der Waals surface area contributed by atoms with E-state index in [0.29, 0.717) is 17.0 Å². The third-order valence-corrected chi connectivity index (χ3v) is 9.32. The number of rotatable bonds is 11. The molecule has 244 valence electrons. The van der Waals surface area contributed by atoms with Crippen LogP contribution in [-0.2, 0) is 19.9 Å². The first kappa shape index (κ1) is 33.0. The van der Waals surface area contributed by atoms with Gasteiger partial charge < -0.3 is 14.8 Å². The minimum atomic E-state index is -1.32. The van der Waals surface area contributed by atoms with Gasteiger partial charge in [-0.15, -0.1) is 0 Å². The van der Waals surface area contributed by atoms with Crippen molar-refractivity contribution in [2.24, 2.45) is 5.92 Å². The van der Waals surface area contributed by atoms with Crippen LogP contribution in [0.15, 0.2) is 127 Å². The summed E-state index contributed by atoms with van der Waals surface area (Å²) in [6, 6.07) is 41.0. The highest BCUT2D eigenvalue weighted by atomic mass is 35.5. The van der Waals surface area contributed by atoms with Crippen LogP contribution in [0.1, 0.15) is 66.0 Å². The van der Waals surface area contributed by atoms with Crippen LogP contribution in [0, 0.1) is 12.8 Å². The van der Waals surface area contributed by atoms with Gasteiger partial charge in [-0.25, -0.2) is 4.79 Å². The Morgan fingerprint density at radius 2 is 1.31 bits per heavy atom. The molecule has 0 aliphatic heterocycles. The molecule has 0 fully saturated rings. The van der Waals surface area contributed by atoms with Crippen molar-refractivity contribution in [2.75, 3.05) is 6.61 Å². The number of aryl methyl sites for hydroxylation is 1. The van der Waals surface area contributed by atoms with E-state index in [1.165, 1.54) is 0 Å². The molecule has 0 radical (unpaired) electrons. The number of ether oxygens (including phenoxy) is 2. The van der Waals surface area contributed by atoms with Gasteiger partial charge >= 0.3 is 12.1 Å². The molecular formula is C42H40ClNO4. The smallest absolute Gasteiger partial charge is 0.407 e. The summed E-state index contributed by atoms with van der Waals surface area (Å²) < 4.78 is 12.5. The Balaban J connectivity index is 1.24. The Morgan fingerprint density at radius 1 is 0.750 bits per heavy atom. The zero-order valence-corrected chi connectivity index (χ0v) is 28.2. The van der Waals surface area contributed by atoms with Crippen molar-refractivity contribution < 1.29 is 19.1 Å². The number of nitrogens with one attached hydrogen (secondary N) is 1. The average Bonchev–Trinajstić information content (AvgIpc) is 3.40. The fraction of sp³-hybridized carbons (Fsp3) is 0.238. The van der Waals surface area contributed by atoms with Crippen molar-refractivity contribution in [3.63, 3.8) is 0 Å². The fourth-order valence-electron chi connectivity index (χ4n) is 6.84. The highest BCUT2D eigenvalue weighted by Crippen LogP contribution is 2.45. The molecule has 48 heavy (non-hydrogen) atoms. The maximum atomic E-state index is 14.1. The van der Waals surface area contributed by atoms with Crippen molar-refractivity contribution in [1.82, 2.24) is 5.32 Å². The van der Waals surface area contributed by atoms with Gasteiger partial charge in [0.1, 0.15) is 6.61 Å². The third-order valence-electron chi connectivity index (χ3n) is 8.99. The van der Waals surface area contributed by atoms with Crippen LogP contribution in [0.3, 0.4) is 0 Å². The lowest BCUT2D eigenvalue weighted by Gasteiger charge is -2.36. The monoisotopic (exact) mass is 657 g/mol. The number of benzene rings is 5. The average molecular weight is 658 g/mol. The van der Waals surface area contributed by atoms with Crippen molar-refractivity contribution >= 4 is 23.7 Å². The highest BCUT2D eigenvalue weighted by Gasteiger charge is 2.42. The van der Waals surface area contributed by atoms with Crippen LogP contribution >= 0.6 is 11.6 Å². The summed E-state index contributed by atoms with van der Waals surface area (Å²) >= 11 is 6.85. The number of halogens is 1. The van der Waals surface area contributed by atoms with E-state index in [0.717, 1.165) is 38.9 Å². The van der Waals surface area contributed by atoms with E-state index in [9.17, 15) is 9.59 Å². The van der Waals surface area contributed by atoms with Gasteiger partial charge in [-0.3, -0.25) is 4.79 Å². The fourth-order valence-corrected chi connectivity index (χ4v) is 7.11. The molecule has 5 aromatic carbocycles. The van der Waals surface area contributed by atoms with Crippen molar-refractivity contribution in [3.8, 4) is 11.1 Å².